The largest absolute Gasteiger partial charge is 0.258 e. The van der Waals surface area contributed by atoms with Crippen molar-refractivity contribution in [2.45, 2.75) is 0 Å². The van der Waals surface area contributed by atoms with Crippen LogP contribution < -0.4 is 5.84 Å². The molecule has 62 valence electrons. The fourth-order valence-electron chi connectivity index (χ4n) is 1.03. The number of hydrazine groups is 1. The molecular formula is C8H9N3S. The normalized spacial score (nSPS) is 17.9. The topological polar surface area (TPSA) is 41.6 Å². The Labute approximate surface area is 75.4 Å². The van der Waals surface area contributed by atoms with Crippen molar-refractivity contribution in [2.24, 2.45) is 10.8 Å². The van der Waals surface area contributed by atoms with Gasteiger partial charge in [0.1, 0.15) is 11.7 Å². The van der Waals surface area contributed by atoms with E-state index < -0.39 is 0 Å². The van der Waals surface area contributed by atoms with Crippen molar-refractivity contribution in [1.82, 2.24) is 4.41 Å². The zero-order valence-corrected chi connectivity index (χ0v) is 7.29. The first-order valence-corrected chi connectivity index (χ1v) is 4.44. The molecule has 2 rings (SSSR count). The second-order valence-electron chi connectivity index (χ2n) is 2.48. The Bertz CT molecular complexity index is 296. The number of hydrogen-bond acceptors (Lipinski definition) is 4. The third-order valence-electron chi connectivity index (χ3n) is 1.58. The SMILES string of the molecule is NN1CN=C(c2ccccc2)S1. The quantitative estimate of drug-likeness (QED) is 0.520. The van der Waals surface area contributed by atoms with Crippen LogP contribution in [0.15, 0.2) is 35.3 Å². The van der Waals surface area contributed by atoms with Crippen LogP contribution in [0.25, 0.3) is 0 Å². The van der Waals surface area contributed by atoms with Crippen LogP contribution in [0, 0.1) is 0 Å². The van der Waals surface area contributed by atoms with Gasteiger partial charge in [0.2, 0.25) is 0 Å². The van der Waals surface area contributed by atoms with Crippen LogP contribution in [0.1, 0.15) is 5.56 Å². The second-order valence-corrected chi connectivity index (χ2v) is 3.52. The van der Waals surface area contributed by atoms with E-state index in [1.807, 2.05) is 30.3 Å². The first-order chi connectivity index (χ1) is 5.86. The van der Waals surface area contributed by atoms with Gasteiger partial charge >= 0.3 is 0 Å². The summed E-state index contributed by atoms with van der Waals surface area (Å²) < 4.78 is 1.61. The fraction of sp³-hybridized carbons (Fsp3) is 0.125. The van der Waals surface area contributed by atoms with E-state index in [9.17, 15) is 0 Å². The van der Waals surface area contributed by atoms with E-state index in [2.05, 4.69) is 4.99 Å². The van der Waals surface area contributed by atoms with Gasteiger partial charge in [-0.25, -0.2) is 0 Å². The molecule has 2 N–H and O–H groups in total. The molecule has 1 heterocycles. The van der Waals surface area contributed by atoms with Crippen molar-refractivity contribution in [3.8, 4) is 0 Å². The lowest BCUT2D eigenvalue weighted by Crippen LogP contribution is -2.19. The molecule has 0 aromatic heterocycles. The molecule has 0 fully saturated rings. The summed E-state index contributed by atoms with van der Waals surface area (Å²) in [7, 11) is 0. The Hall–Kier alpha value is -0.840. The summed E-state index contributed by atoms with van der Waals surface area (Å²) in [6.07, 6.45) is 0. The van der Waals surface area contributed by atoms with Crippen molar-refractivity contribution in [2.75, 3.05) is 6.67 Å². The smallest absolute Gasteiger partial charge is 0.116 e. The molecule has 0 atom stereocenters. The lowest BCUT2D eigenvalue weighted by molar-refractivity contribution is 0.530. The first-order valence-electron chi connectivity index (χ1n) is 3.66. The van der Waals surface area contributed by atoms with Gasteiger partial charge in [-0.05, 0) is 11.9 Å². The van der Waals surface area contributed by atoms with Gasteiger partial charge in [-0.3, -0.25) is 10.8 Å². The minimum absolute atomic E-state index is 0.578. The van der Waals surface area contributed by atoms with Crippen molar-refractivity contribution in [1.29, 1.82) is 0 Å². The Balaban J connectivity index is 2.22. The lowest BCUT2D eigenvalue weighted by Gasteiger charge is -2.02. The summed E-state index contributed by atoms with van der Waals surface area (Å²) in [6, 6.07) is 10.1. The molecule has 0 spiro atoms. The maximum Gasteiger partial charge on any atom is 0.116 e. The predicted molar refractivity (Wildman–Crippen MR) is 51.5 cm³/mol. The van der Waals surface area contributed by atoms with Crippen molar-refractivity contribution in [3.63, 3.8) is 0 Å². The Kier molecular flexibility index (Phi) is 2.12. The highest BCUT2D eigenvalue weighted by atomic mass is 32.2. The molecule has 0 bridgehead atoms. The van der Waals surface area contributed by atoms with Crippen molar-refractivity contribution < 1.29 is 0 Å². The monoisotopic (exact) mass is 179 g/mol. The van der Waals surface area contributed by atoms with E-state index in [4.69, 9.17) is 5.84 Å². The summed E-state index contributed by atoms with van der Waals surface area (Å²) in [4.78, 5) is 4.27. The summed E-state index contributed by atoms with van der Waals surface area (Å²) >= 11 is 1.48. The second kappa shape index (κ2) is 3.26. The summed E-state index contributed by atoms with van der Waals surface area (Å²) in [5, 5.41) is 0.998. The van der Waals surface area contributed by atoms with E-state index in [-0.39, 0.29) is 0 Å². The molecule has 0 aliphatic carbocycles. The molecule has 0 saturated heterocycles. The minimum atomic E-state index is 0.578. The maximum absolute atomic E-state index is 5.54. The van der Waals surface area contributed by atoms with E-state index in [0.29, 0.717) is 6.67 Å². The van der Waals surface area contributed by atoms with E-state index in [1.165, 1.54) is 11.9 Å². The van der Waals surface area contributed by atoms with E-state index in [0.717, 1.165) is 10.6 Å². The molecule has 1 aliphatic heterocycles. The molecule has 3 nitrogen and oxygen atoms in total. The molecule has 1 aromatic rings. The third kappa shape index (κ3) is 1.50. The van der Waals surface area contributed by atoms with Gasteiger partial charge in [0.15, 0.2) is 0 Å². The van der Waals surface area contributed by atoms with Crippen LogP contribution >= 0.6 is 11.9 Å². The minimum Gasteiger partial charge on any atom is -0.258 e. The maximum atomic E-state index is 5.54. The number of aliphatic imine (C=N–C) groups is 1. The zero-order valence-electron chi connectivity index (χ0n) is 6.47. The first kappa shape index (κ1) is 7.79. The van der Waals surface area contributed by atoms with Gasteiger partial charge in [-0.1, -0.05) is 30.3 Å². The van der Waals surface area contributed by atoms with Gasteiger partial charge in [0.05, 0.1) is 0 Å². The van der Waals surface area contributed by atoms with Crippen LogP contribution in [0.3, 0.4) is 0 Å². The van der Waals surface area contributed by atoms with Crippen LogP contribution in [-0.2, 0) is 0 Å². The number of hydrogen-bond donors (Lipinski definition) is 1. The highest BCUT2D eigenvalue weighted by molar-refractivity contribution is 8.12. The molecule has 0 saturated carbocycles. The molecule has 12 heavy (non-hydrogen) atoms. The van der Waals surface area contributed by atoms with Crippen LogP contribution in [0.4, 0.5) is 0 Å². The average molecular weight is 179 g/mol. The highest BCUT2D eigenvalue weighted by Crippen LogP contribution is 2.20. The Morgan fingerprint density at radius 1 is 1.33 bits per heavy atom. The van der Waals surface area contributed by atoms with Crippen molar-refractivity contribution >= 4 is 17.0 Å². The Morgan fingerprint density at radius 3 is 2.67 bits per heavy atom. The Morgan fingerprint density at radius 2 is 2.08 bits per heavy atom. The number of nitrogens with zero attached hydrogens (tertiary/aromatic N) is 2. The van der Waals surface area contributed by atoms with Crippen LogP contribution in [-0.4, -0.2) is 16.1 Å². The molecule has 0 radical (unpaired) electrons. The molecular weight excluding hydrogens is 170 g/mol. The van der Waals surface area contributed by atoms with Gasteiger partial charge in [-0.15, -0.1) is 0 Å². The average Bonchev–Trinajstić information content (AvgIpc) is 2.54. The standard InChI is InChI=1S/C8H9N3S/c9-11-6-10-8(12-11)7-4-2-1-3-5-7/h1-5H,6,9H2. The number of nitrogens with two attached hydrogens (primary N) is 1. The summed E-state index contributed by atoms with van der Waals surface area (Å²) in [6.45, 7) is 0.578. The van der Waals surface area contributed by atoms with Crippen molar-refractivity contribution in [3.05, 3.63) is 35.9 Å². The van der Waals surface area contributed by atoms with Gasteiger partial charge in [0.25, 0.3) is 0 Å². The van der Waals surface area contributed by atoms with Gasteiger partial charge in [-0.2, -0.15) is 4.41 Å². The molecule has 1 aromatic carbocycles. The molecule has 4 heteroatoms. The molecule has 0 amide bonds. The van der Waals surface area contributed by atoms with E-state index in [1.54, 1.807) is 4.41 Å². The number of benzene rings is 1. The van der Waals surface area contributed by atoms with E-state index >= 15 is 0 Å². The van der Waals surface area contributed by atoms with Gasteiger partial charge < -0.3 is 0 Å². The van der Waals surface area contributed by atoms with Crippen LogP contribution in [0.5, 0.6) is 0 Å². The zero-order chi connectivity index (χ0) is 8.39. The van der Waals surface area contributed by atoms with Gasteiger partial charge in [0, 0.05) is 5.56 Å². The predicted octanol–water partition coefficient (Wildman–Crippen LogP) is 1.23. The third-order valence-corrected chi connectivity index (χ3v) is 2.47. The highest BCUT2D eigenvalue weighted by Gasteiger charge is 2.14. The lowest BCUT2D eigenvalue weighted by atomic mass is 10.2. The number of rotatable bonds is 1. The summed E-state index contributed by atoms with van der Waals surface area (Å²) in [5.41, 5.74) is 1.13. The molecule has 1 aliphatic rings. The summed E-state index contributed by atoms with van der Waals surface area (Å²) in [5.74, 6) is 5.54. The molecule has 0 unspecified atom stereocenters. The fourth-order valence-corrected chi connectivity index (χ4v) is 1.72. The van der Waals surface area contributed by atoms with Crippen LogP contribution in [0.2, 0.25) is 0 Å².